The predicted octanol–water partition coefficient (Wildman–Crippen LogP) is 4.35. The predicted molar refractivity (Wildman–Crippen MR) is 79.1 cm³/mol. The van der Waals surface area contributed by atoms with E-state index in [0.29, 0.717) is 5.92 Å². The largest absolute Gasteiger partial charge is 0.312 e. The lowest BCUT2D eigenvalue weighted by Crippen LogP contribution is -2.18. The van der Waals surface area contributed by atoms with Crippen molar-refractivity contribution in [2.75, 3.05) is 6.54 Å². The van der Waals surface area contributed by atoms with Gasteiger partial charge < -0.3 is 5.32 Å². The molecule has 0 radical (unpaired) electrons. The Bertz CT molecular complexity index is 554. The Kier molecular flexibility index (Phi) is 4.91. The van der Waals surface area contributed by atoms with Gasteiger partial charge in [-0.2, -0.15) is 0 Å². The highest BCUT2D eigenvalue weighted by Crippen LogP contribution is 2.28. The Morgan fingerprint density at radius 1 is 1.42 bits per heavy atom. The van der Waals surface area contributed by atoms with Crippen LogP contribution in [0.3, 0.4) is 0 Å². The Morgan fingerprint density at radius 2 is 2.21 bits per heavy atom. The number of rotatable bonds is 5. The van der Waals surface area contributed by atoms with Gasteiger partial charge in [0, 0.05) is 23.2 Å². The van der Waals surface area contributed by atoms with E-state index in [1.165, 1.54) is 6.07 Å². The van der Waals surface area contributed by atoms with Crippen molar-refractivity contribution in [1.29, 1.82) is 0 Å². The highest BCUT2D eigenvalue weighted by Gasteiger charge is 2.07. The Balaban J connectivity index is 2.05. The molecule has 0 spiro atoms. The highest BCUT2D eigenvalue weighted by atomic mass is 35.5. The number of hydrogen-bond acceptors (Lipinski definition) is 3. The van der Waals surface area contributed by atoms with Crippen LogP contribution in [0, 0.1) is 11.7 Å². The molecule has 0 fully saturated rings. The molecule has 0 aliphatic carbocycles. The first-order valence-corrected chi connectivity index (χ1v) is 7.36. The maximum absolute atomic E-state index is 13.1. The molecule has 0 saturated carbocycles. The van der Waals surface area contributed by atoms with Crippen LogP contribution in [0.15, 0.2) is 24.4 Å². The van der Waals surface area contributed by atoms with Crippen molar-refractivity contribution in [2.45, 2.75) is 20.4 Å². The van der Waals surface area contributed by atoms with Gasteiger partial charge in [-0.3, -0.25) is 0 Å². The van der Waals surface area contributed by atoms with Gasteiger partial charge in [-0.15, -0.1) is 11.3 Å². The van der Waals surface area contributed by atoms with Gasteiger partial charge in [0.1, 0.15) is 10.8 Å². The number of aromatic nitrogens is 1. The van der Waals surface area contributed by atoms with Crippen LogP contribution in [0.1, 0.15) is 18.7 Å². The summed E-state index contributed by atoms with van der Waals surface area (Å²) in [6, 6.07) is 4.68. The molecule has 0 aliphatic heterocycles. The second-order valence-electron chi connectivity index (χ2n) is 4.79. The average molecular weight is 299 g/mol. The van der Waals surface area contributed by atoms with E-state index in [0.717, 1.165) is 28.5 Å². The normalized spacial score (nSPS) is 11.2. The molecular formula is C14H16ClFN2S. The summed E-state index contributed by atoms with van der Waals surface area (Å²) in [6.07, 6.45) is 1.85. The summed E-state index contributed by atoms with van der Waals surface area (Å²) in [5.74, 6) is 0.226. The fraction of sp³-hybridized carbons (Fsp3) is 0.357. The van der Waals surface area contributed by atoms with Crippen molar-refractivity contribution in [1.82, 2.24) is 10.3 Å². The van der Waals surface area contributed by atoms with Gasteiger partial charge >= 0.3 is 0 Å². The van der Waals surface area contributed by atoms with E-state index in [2.05, 4.69) is 24.1 Å². The molecule has 19 heavy (non-hydrogen) atoms. The lowest BCUT2D eigenvalue weighted by Gasteiger charge is -2.04. The molecule has 1 heterocycles. The first kappa shape index (κ1) is 14.4. The van der Waals surface area contributed by atoms with E-state index in [1.54, 1.807) is 23.5 Å². The van der Waals surface area contributed by atoms with Gasteiger partial charge in [-0.05, 0) is 30.7 Å². The van der Waals surface area contributed by atoms with Crippen LogP contribution in [0.25, 0.3) is 10.6 Å². The van der Waals surface area contributed by atoms with Crippen LogP contribution in [0.4, 0.5) is 4.39 Å². The molecule has 0 bridgehead atoms. The summed E-state index contributed by atoms with van der Waals surface area (Å²) in [5, 5.41) is 4.37. The lowest BCUT2D eigenvalue weighted by atomic mass is 10.2. The maximum atomic E-state index is 13.1. The molecule has 2 nitrogen and oxygen atoms in total. The van der Waals surface area contributed by atoms with E-state index in [1.807, 2.05) is 6.20 Å². The van der Waals surface area contributed by atoms with Crippen molar-refractivity contribution in [3.63, 3.8) is 0 Å². The zero-order chi connectivity index (χ0) is 13.8. The summed E-state index contributed by atoms with van der Waals surface area (Å²) < 4.78 is 13.1. The molecule has 0 atom stereocenters. The number of benzene rings is 1. The molecule has 2 rings (SSSR count). The van der Waals surface area contributed by atoms with Crippen LogP contribution in [-0.4, -0.2) is 11.5 Å². The van der Waals surface area contributed by atoms with E-state index >= 15 is 0 Å². The van der Waals surface area contributed by atoms with Crippen LogP contribution < -0.4 is 5.32 Å². The topological polar surface area (TPSA) is 24.9 Å². The minimum Gasteiger partial charge on any atom is -0.312 e. The molecule has 0 aliphatic rings. The van der Waals surface area contributed by atoms with Crippen molar-refractivity contribution >= 4 is 22.9 Å². The molecule has 2 aromatic rings. The van der Waals surface area contributed by atoms with Crippen molar-refractivity contribution in [3.8, 4) is 10.6 Å². The third-order valence-corrected chi connectivity index (χ3v) is 3.91. The fourth-order valence-corrected chi connectivity index (χ4v) is 2.69. The third kappa shape index (κ3) is 4.00. The SMILES string of the molecule is CC(C)CNCc1cnc(-c2ccc(F)c(Cl)c2)s1. The minimum absolute atomic E-state index is 0.132. The molecular weight excluding hydrogens is 283 g/mol. The van der Waals surface area contributed by atoms with Gasteiger partial charge in [-0.1, -0.05) is 25.4 Å². The number of thiazole rings is 1. The number of nitrogens with zero attached hydrogens (tertiary/aromatic N) is 1. The summed E-state index contributed by atoms with van der Waals surface area (Å²) >= 11 is 7.38. The smallest absolute Gasteiger partial charge is 0.141 e. The first-order valence-electron chi connectivity index (χ1n) is 6.17. The molecule has 0 amide bonds. The first-order chi connectivity index (χ1) is 9.06. The molecule has 1 aromatic carbocycles. The van der Waals surface area contributed by atoms with Gasteiger partial charge in [0.15, 0.2) is 0 Å². The van der Waals surface area contributed by atoms with Crippen LogP contribution in [0.5, 0.6) is 0 Å². The molecule has 5 heteroatoms. The summed E-state index contributed by atoms with van der Waals surface area (Å²) in [5.41, 5.74) is 0.853. The summed E-state index contributed by atoms with van der Waals surface area (Å²) in [6.45, 7) is 6.14. The van der Waals surface area contributed by atoms with Gasteiger partial charge in [0.25, 0.3) is 0 Å². The monoisotopic (exact) mass is 298 g/mol. The highest BCUT2D eigenvalue weighted by molar-refractivity contribution is 7.15. The van der Waals surface area contributed by atoms with Crippen LogP contribution in [-0.2, 0) is 6.54 Å². The summed E-state index contributed by atoms with van der Waals surface area (Å²) in [4.78, 5) is 5.52. The quantitative estimate of drug-likeness (QED) is 0.888. The van der Waals surface area contributed by atoms with E-state index < -0.39 is 5.82 Å². The van der Waals surface area contributed by atoms with E-state index in [4.69, 9.17) is 11.6 Å². The number of nitrogens with one attached hydrogen (secondary N) is 1. The van der Waals surface area contributed by atoms with Crippen molar-refractivity contribution in [3.05, 3.63) is 40.1 Å². The van der Waals surface area contributed by atoms with Crippen LogP contribution >= 0.6 is 22.9 Å². The molecule has 1 N–H and O–H groups in total. The van der Waals surface area contributed by atoms with Gasteiger partial charge in [0.2, 0.25) is 0 Å². The van der Waals surface area contributed by atoms with Crippen LogP contribution in [0.2, 0.25) is 5.02 Å². The lowest BCUT2D eigenvalue weighted by molar-refractivity contribution is 0.554. The number of hydrogen-bond donors (Lipinski definition) is 1. The third-order valence-electron chi connectivity index (χ3n) is 2.57. The fourth-order valence-electron chi connectivity index (χ4n) is 1.64. The van der Waals surface area contributed by atoms with Crippen molar-refractivity contribution < 1.29 is 4.39 Å². The second-order valence-corrected chi connectivity index (χ2v) is 6.31. The zero-order valence-electron chi connectivity index (χ0n) is 10.9. The Labute approximate surface area is 121 Å². The van der Waals surface area contributed by atoms with E-state index in [9.17, 15) is 4.39 Å². The Hall–Kier alpha value is -0.970. The molecule has 1 aromatic heterocycles. The van der Waals surface area contributed by atoms with Gasteiger partial charge in [-0.25, -0.2) is 9.37 Å². The Morgan fingerprint density at radius 3 is 2.89 bits per heavy atom. The van der Waals surface area contributed by atoms with Crippen molar-refractivity contribution in [2.24, 2.45) is 5.92 Å². The van der Waals surface area contributed by atoms with E-state index in [-0.39, 0.29) is 5.02 Å². The average Bonchev–Trinajstić information content (AvgIpc) is 2.81. The summed E-state index contributed by atoms with van der Waals surface area (Å²) in [7, 11) is 0. The molecule has 0 saturated heterocycles. The second kappa shape index (κ2) is 6.46. The molecule has 0 unspecified atom stereocenters. The van der Waals surface area contributed by atoms with Gasteiger partial charge in [0.05, 0.1) is 5.02 Å². The molecule has 102 valence electrons. The maximum Gasteiger partial charge on any atom is 0.141 e. The standard InChI is InChI=1S/C14H16ClFN2S/c1-9(2)6-17-7-11-8-18-14(19-11)10-3-4-13(16)12(15)5-10/h3-5,8-9,17H,6-7H2,1-2H3. The number of halogens is 2. The minimum atomic E-state index is -0.402. The zero-order valence-corrected chi connectivity index (χ0v) is 12.5.